The largest absolute Gasteiger partial charge is 0.323 e. The number of hydrogen-bond donors (Lipinski definition) is 2. The fourth-order valence-electron chi connectivity index (χ4n) is 2.80. The summed E-state index contributed by atoms with van der Waals surface area (Å²) in [5.41, 5.74) is 2.24. The molecule has 0 fully saturated rings. The molecule has 3 amide bonds. The quantitative estimate of drug-likeness (QED) is 0.614. The molecule has 30 heavy (non-hydrogen) atoms. The maximum absolute atomic E-state index is 13.6. The Morgan fingerprint density at radius 3 is 2.13 bits per heavy atom. The number of urea groups is 1. The van der Waals surface area contributed by atoms with Crippen LogP contribution in [0.25, 0.3) is 0 Å². The molecule has 0 heterocycles. The molecule has 5 nitrogen and oxygen atoms in total. The summed E-state index contributed by atoms with van der Waals surface area (Å²) in [4.78, 5) is 25.9. The van der Waals surface area contributed by atoms with E-state index in [0.29, 0.717) is 12.2 Å². The number of para-hydroxylation sites is 1. The molecule has 0 aromatic heterocycles. The molecule has 0 aliphatic carbocycles. The lowest BCUT2D eigenvalue weighted by atomic mass is 10.1. The molecule has 0 unspecified atom stereocenters. The van der Waals surface area contributed by atoms with Crippen molar-refractivity contribution >= 4 is 23.3 Å². The second kappa shape index (κ2) is 9.65. The van der Waals surface area contributed by atoms with E-state index in [0.717, 1.165) is 11.1 Å². The third-order valence-electron chi connectivity index (χ3n) is 4.40. The van der Waals surface area contributed by atoms with Gasteiger partial charge in [-0.2, -0.15) is 0 Å². The fraction of sp³-hybridized carbons (Fsp3) is 0.130. The van der Waals surface area contributed by atoms with E-state index in [2.05, 4.69) is 10.6 Å². The first-order valence-corrected chi connectivity index (χ1v) is 9.30. The van der Waals surface area contributed by atoms with E-state index in [9.17, 15) is 18.4 Å². The van der Waals surface area contributed by atoms with E-state index < -0.39 is 5.82 Å². The third kappa shape index (κ3) is 5.88. The van der Waals surface area contributed by atoms with Crippen molar-refractivity contribution in [2.75, 3.05) is 17.7 Å². The topological polar surface area (TPSA) is 61.4 Å². The lowest BCUT2D eigenvalue weighted by Crippen LogP contribution is -2.30. The third-order valence-corrected chi connectivity index (χ3v) is 4.40. The van der Waals surface area contributed by atoms with Crippen LogP contribution in [0, 0.1) is 11.6 Å². The summed E-state index contributed by atoms with van der Waals surface area (Å²) in [7, 11) is 1.64. The van der Waals surface area contributed by atoms with Gasteiger partial charge in [-0.05, 0) is 47.5 Å². The van der Waals surface area contributed by atoms with E-state index >= 15 is 0 Å². The van der Waals surface area contributed by atoms with Crippen molar-refractivity contribution in [2.45, 2.75) is 13.0 Å². The summed E-state index contributed by atoms with van der Waals surface area (Å²) in [5.74, 6) is -1.15. The average Bonchev–Trinajstić information content (AvgIpc) is 2.73. The van der Waals surface area contributed by atoms with Gasteiger partial charge in [-0.1, -0.05) is 36.4 Å². The zero-order valence-electron chi connectivity index (χ0n) is 16.4. The van der Waals surface area contributed by atoms with E-state index in [1.54, 1.807) is 55.6 Å². The number of benzene rings is 3. The van der Waals surface area contributed by atoms with Crippen LogP contribution in [-0.4, -0.2) is 23.9 Å². The Labute approximate surface area is 173 Å². The number of halogens is 2. The zero-order valence-corrected chi connectivity index (χ0v) is 16.4. The predicted molar refractivity (Wildman–Crippen MR) is 112 cm³/mol. The van der Waals surface area contributed by atoms with Gasteiger partial charge in [0, 0.05) is 19.3 Å². The first kappa shape index (κ1) is 21.0. The molecule has 0 aliphatic heterocycles. The maximum Gasteiger partial charge on any atom is 0.321 e. The first-order valence-electron chi connectivity index (χ1n) is 9.30. The molecular weight excluding hydrogens is 388 g/mol. The minimum atomic E-state index is -0.492. The molecule has 2 N–H and O–H groups in total. The van der Waals surface area contributed by atoms with E-state index in [1.807, 2.05) is 0 Å². The minimum absolute atomic E-state index is 0.0764. The molecule has 3 aromatic rings. The normalized spacial score (nSPS) is 10.4. The van der Waals surface area contributed by atoms with Crippen LogP contribution >= 0.6 is 0 Å². The monoisotopic (exact) mass is 409 g/mol. The van der Waals surface area contributed by atoms with Crippen LogP contribution < -0.4 is 10.6 Å². The molecule has 7 heteroatoms. The zero-order chi connectivity index (χ0) is 21.5. The highest BCUT2D eigenvalue weighted by molar-refractivity contribution is 5.92. The Morgan fingerprint density at radius 2 is 1.47 bits per heavy atom. The van der Waals surface area contributed by atoms with Crippen molar-refractivity contribution < 1.29 is 18.4 Å². The smallest absolute Gasteiger partial charge is 0.321 e. The lowest BCUT2D eigenvalue weighted by molar-refractivity contribution is -0.115. The molecule has 3 aromatic carbocycles. The fourth-order valence-corrected chi connectivity index (χ4v) is 2.80. The van der Waals surface area contributed by atoms with Crippen molar-refractivity contribution in [1.29, 1.82) is 0 Å². The molecule has 0 atom stereocenters. The Kier molecular flexibility index (Phi) is 6.75. The lowest BCUT2D eigenvalue weighted by Gasteiger charge is -2.18. The second-order valence-electron chi connectivity index (χ2n) is 6.81. The number of hydrogen-bond acceptors (Lipinski definition) is 2. The number of nitrogens with zero attached hydrogens (tertiary/aromatic N) is 1. The molecule has 0 bridgehead atoms. The summed E-state index contributed by atoms with van der Waals surface area (Å²) >= 11 is 0. The van der Waals surface area contributed by atoms with E-state index in [4.69, 9.17) is 0 Å². The van der Waals surface area contributed by atoms with Gasteiger partial charge in [0.15, 0.2) is 0 Å². The SMILES string of the molecule is CN(Cc1ccc(F)cc1)C(=O)Nc1ccc(CC(=O)Nc2ccccc2F)cc1. The van der Waals surface area contributed by atoms with Gasteiger partial charge < -0.3 is 15.5 Å². The molecule has 154 valence electrons. The second-order valence-corrected chi connectivity index (χ2v) is 6.81. The van der Waals surface area contributed by atoms with Gasteiger partial charge in [-0.25, -0.2) is 13.6 Å². The summed E-state index contributed by atoms with van der Waals surface area (Å²) in [5, 5.41) is 5.30. The van der Waals surface area contributed by atoms with Crippen LogP contribution in [0.1, 0.15) is 11.1 Å². The molecule has 0 spiro atoms. The first-order chi connectivity index (χ1) is 14.4. The number of carbonyl (C=O) groups excluding carboxylic acids is 2. The van der Waals surface area contributed by atoms with Gasteiger partial charge in [-0.15, -0.1) is 0 Å². The van der Waals surface area contributed by atoms with Crippen LogP contribution in [0.5, 0.6) is 0 Å². The number of anilines is 2. The van der Waals surface area contributed by atoms with Gasteiger partial charge >= 0.3 is 6.03 Å². The van der Waals surface area contributed by atoms with Crippen LogP contribution in [0.4, 0.5) is 25.0 Å². The number of rotatable bonds is 6. The van der Waals surface area contributed by atoms with Gasteiger partial charge in [0.1, 0.15) is 11.6 Å². The van der Waals surface area contributed by atoms with Crippen molar-refractivity contribution in [3.63, 3.8) is 0 Å². The highest BCUT2D eigenvalue weighted by Gasteiger charge is 2.11. The van der Waals surface area contributed by atoms with Crippen LogP contribution in [0.15, 0.2) is 72.8 Å². The van der Waals surface area contributed by atoms with Crippen molar-refractivity contribution in [3.05, 3.63) is 95.6 Å². The number of amides is 3. The minimum Gasteiger partial charge on any atom is -0.323 e. The standard InChI is InChI=1S/C23H21F2N3O2/c1-28(15-17-6-10-18(24)11-7-17)23(30)26-19-12-8-16(9-13-19)14-22(29)27-21-5-3-2-4-20(21)25/h2-13H,14-15H2,1H3,(H,26,30)(H,27,29). The Bertz CT molecular complexity index is 1020. The highest BCUT2D eigenvalue weighted by atomic mass is 19.1. The summed E-state index contributed by atoms with van der Waals surface area (Å²) in [6, 6.07) is 18.4. The molecule has 0 aliphatic rings. The molecular formula is C23H21F2N3O2. The van der Waals surface area contributed by atoms with Gasteiger partial charge in [0.2, 0.25) is 5.91 Å². The number of nitrogens with one attached hydrogen (secondary N) is 2. The average molecular weight is 409 g/mol. The van der Waals surface area contributed by atoms with Crippen molar-refractivity contribution in [2.24, 2.45) is 0 Å². The van der Waals surface area contributed by atoms with Crippen molar-refractivity contribution in [3.8, 4) is 0 Å². The molecule has 0 saturated heterocycles. The van der Waals surface area contributed by atoms with E-state index in [1.165, 1.54) is 29.2 Å². The van der Waals surface area contributed by atoms with Gasteiger partial charge in [-0.3, -0.25) is 4.79 Å². The maximum atomic E-state index is 13.6. The number of carbonyl (C=O) groups is 2. The predicted octanol–water partition coefficient (Wildman–Crippen LogP) is 4.81. The Balaban J connectivity index is 1.52. The van der Waals surface area contributed by atoms with Gasteiger partial charge in [0.25, 0.3) is 0 Å². The summed E-state index contributed by atoms with van der Waals surface area (Å²) < 4.78 is 26.6. The van der Waals surface area contributed by atoms with Gasteiger partial charge in [0.05, 0.1) is 12.1 Å². The summed E-state index contributed by atoms with van der Waals surface area (Å²) in [6.07, 6.45) is 0.0764. The van der Waals surface area contributed by atoms with Crippen LogP contribution in [0.2, 0.25) is 0 Å². The van der Waals surface area contributed by atoms with E-state index in [-0.39, 0.29) is 29.9 Å². The molecule has 0 saturated carbocycles. The van der Waals surface area contributed by atoms with Crippen LogP contribution in [-0.2, 0) is 17.8 Å². The summed E-state index contributed by atoms with van der Waals surface area (Å²) in [6.45, 7) is 0.334. The Morgan fingerprint density at radius 1 is 0.833 bits per heavy atom. The molecule has 3 rings (SSSR count). The highest BCUT2D eigenvalue weighted by Crippen LogP contribution is 2.15. The van der Waals surface area contributed by atoms with Crippen LogP contribution in [0.3, 0.4) is 0 Å². The Hall–Kier alpha value is -3.74. The van der Waals surface area contributed by atoms with Crippen molar-refractivity contribution in [1.82, 2.24) is 4.90 Å². The molecule has 0 radical (unpaired) electrons.